The molecule has 0 aliphatic carbocycles. The van der Waals surface area contributed by atoms with Crippen molar-refractivity contribution in [2.24, 2.45) is 0 Å². The summed E-state index contributed by atoms with van der Waals surface area (Å²) in [5, 5.41) is 13.9. The lowest BCUT2D eigenvalue weighted by atomic mass is 10.1. The third-order valence-electron chi connectivity index (χ3n) is 3.14. The molecule has 0 bridgehead atoms. The van der Waals surface area contributed by atoms with Crippen LogP contribution in [-0.2, 0) is 13.1 Å². The average Bonchev–Trinajstić information content (AvgIpc) is 2.48. The van der Waals surface area contributed by atoms with Gasteiger partial charge in [0.05, 0.1) is 10.6 Å². The van der Waals surface area contributed by atoms with Crippen LogP contribution in [0.25, 0.3) is 0 Å². The molecule has 0 fully saturated rings. The molecule has 0 aliphatic rings. The zero-order valence-electron chi connectivity index (χ0n) is 12.1. The van der Waals surface area contributed by atoms with Crippen LogP contribution in [0, 0.1) is 10.1 Å². The van der Waals surface area contributed by atoms with Gasteiger partial charge in [0.25, 0.3) is 5.69 Å². The van der Waals surface area contributed by atoms with Gasteiger partial charge in [-0.15, -0.1) is 0 Å². The number of nitrogens with zero attached hydrogens (tertiary/aromatic N) is 3. The highest BCUT2D eigenvalue weighted by Crippen LogP contribution is 2.25. The molecule has 0 saturated carbocycles. The fourth-order valence-corrected chi connectivity index (χ4v) is 2.17. The number of nitrogens with one attached hydrogen (secondary N) is 1. The first kappa shape index (κ1) is 14.9. The van der Waals surface area contributed by atoms with Crippen LogP contribution in [0.4, 0.5) is 11.4 Å². The highest BCUT2D eigenvalue weighted by atomic mass is 16.6. The number of benzene rings is 1. The Balaban J connectivity index is 2.09. The van der Waals surface area contributed by atoms with Crippen LogP contribution in [0.15, 0.2) is 42.6 Å². The molecule has 0 aliphatic heterocycles. The number of anilines is 1. The van der Waals surface area contributed by atoms with E-state index < -0.39 is 0 Å². The van der Waals surface area contributed by atoms with Crippen molar-refractivity contribution in [3.05, 3.63) is 64.0 Å². The number of rotatable bonds is 6. The van der Waals surface area contributed by atoms with E-state index in [2.05, 4.69) is 15.2 Å². The molecule has 6 nitrogen and oxygen atoms in total. The SMILES string of the molecule is CNc1ccc(CN(C)Cc2ccccn2)cc1[N+](=O)[O-]. The molecule has 1 aromatic carbocycles. The Morgan fingerprint density at radius 2 is 2.10 bits per heavy atom. The zero-order chi connectivity index (χ0) is 15.2. The van der Waals surface area contributed by atoms with Crippen molar-refractivity contribution in [2.75, 3.05) is 19.4 Å². The summed E-state index contributed by atoms with van der Waals surface area (Å²) < 4.78 is 0. The lowest BCUT2D eigenvalue weighted by molar-refractivity contribution is -0.384. The summed E-state index contributed by atoms with van der Waals surface area (Å²) in [6, 6.07) is 11.0. The first-order valence-electron chi connectivity index (χ1n) is 6.63. The molecular formula is C15H18N4O2. The monoisotopic (exact) mass is 286 g/mol. The molecular weight excluding hydrogens is 268 g/mol. The first-order chi connectivity index (χ1) is 10.1. The van der Waals surface area contributed by atoms with E-state index in [1.807, 2.05) is 31.3 Å². The molecule has 1 N–H and O–H groups in total. The normalized spacial score (nSPS) is 10.6. The highest BCUT2D eigenvalue weighted by molar-refractivity contribution is 5.62. The van der Waals surface area contributed by atoms with Crippen molar-refractivity contribution in [1.82, 2.24) is 9.88 Å². The number of hydrogen-bond donors (Lipinski definition) is 1. The van der Waals surface area contributed by atoms with Crippen molar-refractivity contribution < 1.29 is 4.92 Å². The van der Waals surface area contributed by atoms with Gasteiger partial charge in [0.15, 0.2) is 0 Å². The fraction of sp³-hybridized carbons (Fsp3) is 0.267. The summed E-state index contributed by atoms with van der Waals surface area (Å²) in [5.41, 5.74) is 2.50. The Morgan fingerprint density at radius 3 is 2.71 bits per heavy atom. The highest BCUT2D eigenvalue weighted by Gasteiger charge is 2.14. The third kappa shape index (κ3) is 4.00. The minimum absolute atomic E-state index is 0.0984. The minimum atomic E-state index is -0.367. The van der Waals surface area contributed by atoms with Crippen molar-refractivity contribution in [1.29, 1.82) is 0 Å². The van der Waals surface area contributed by atoms with Crippen LogP contribution in [-0.4, -0.2) is 28.9 Å². The van der Waals surface area contributed by atoms with Gasteiger partial charge in [0.2, 0.25) is 0 Å². The molecule has 0 spiro atoms. The van der Waals surface area contributed by atoms with Gasteiger partial charge in [0, 0.05) is 32.4 Å². The van der Waals surface area contributed by atoms with Gasteiger partial charge in [-0.1, -0.05) is 12.1 Å². The Kier molecular flexibility index (Phi) is 4.84. The molecule has 1 aromatic heterocycles. The van der Waals surface area contributed by atoms with Gasteiger partial charge < -0.3 is 5.32 Å². The smallest absolute Gasteiger partial charge is 0.292 e. The van der Waals surface area contributed by atoms with Crippen LogP contribution >= 0.6 is 0 Å². The summed E-state index contributed by atoms with van der Waals surface area (Å²) >= 11 is 0. The van der Waals surface area contributed by atoms with Crippen LogP contribution in [0.1, 0.15) is 11.3 Å². The zero-order valence-corrected chi connectivity index (χ0v) is 12.1. The lowest BCUT2D eigenvalue weighted by Gasteiger charge is -2.16. The van der Waals surface area contributed by atoms with E-state index in [0.29, 0.717) is 18.8 Å². The van der Waals surface area contributed by atoms with Gasteiger partial charge in [-0.2, -0.15) is 0 Å². The van der Waals surface area contributed by atoms with Crippen LogP contribution in [0.5, 0.6) is 0 Å². The summed E-state index contributed by atoms with van der Waals surface area (Å²) in [7, 11) is 3.64. The fourth-order valence-electron chi connectivity index (χ4n) is 2.17. The summed E-state index contributed by atoms with van der Waals surface area (Å²) in [6.07, 6.45) is 1.76. The molecule has 1 heterocycles. The Labute approximate surface area is 123 Å². The number of nitro benzene ring substituents is 1. The van der Waals surface area contributed by atoms with E-state index in [1.165, 1.54) is 0 Å². The van der Waals surface area contributed by atoms with Crippen molar-refractivity contribution >= 4 is 11.4 Å². The van der Waals surface area contributed by atoms with Gasteiger partial charge in [-0.25, -0.2) is 0 Å². The Bertz CT molecular complexity index is 616. The van der Waals surface area contributed by atoms with Gasteiger partial charge in [-0.05, 0) is 30.8 Å². The maximum atomic E-state index is 11.1. The van der Waals surface area contributed by atoms with Crippen molar-refractivity contribution in [3.8, 4) is 0 Å². The minimum Gasteiger partial charge on any atom is -0.383 e. The maximum absolute atomic E-state index is 11.1. The molecule has 0 radical (unpaired) electrons. The topological polar surface area (TPSA) is 71.3 Å². The lowest BCUT2D eigenvalue weighted by Crippen LogP contribution is -2.18. The third-order valence-corrected chi connectivity index (χ3v) is 3.14. The van der Waals surface area contributed by atoms with Gasteiger partial charge >= 0.3 is 0 Å². The second-order valence-corrected chi connectivity index (χ2v) is 4.85. The molecule has 0 atom stereocenters. The van der Waals surface area contributed by atoms with E-state index in [9.17, 15) is 10.1 Å². The number of nitro groups is 1. The van der Waals surface area contributed by atoms with Crippen LogP contribution in [0.3, 0.4) is 0 Å². The van der Waals surface area contributed by atoms with E-state index in [-0.39, 0.29) is 10.6 Å². The molecule has 0 amide bonds. The number of aromatic nitrogens is 1. The Morgan fingerprint density at radius 1 is 1.29 bits per heavy atom. The largest absolute Gasteiger partial charge is 0.383 e. The standard InChI is InChI=1S/C15H18N4O2/c1-16-14-7-6-12(9-15(14)19(20)21)10-18(2)11-13-5-3-4-8-17-13/h3-9,16H,10-11H2,1-2H3. The predicted molar refractivity (Wildman–Crippen MR) is 82.1 cm³/mol. The van der Waals surface area contributed by atoms with Gasteiger partial charge in [0.1, 0.15) is 5.69 Å². The second kappa shape index (κ2) is 6.81. The van der Waals surface area contributed by atoms with E-state index in [4.69, 9.17) is 0 Å². The van der Waals surface area contributed by atoms with E-state index >= 15 is 0 Å². The number of hydrogen-bond acceptors (Lipinski definition) is 5. The van der Waals surface area contributed by atoms with Crippen molar-refractivity contribution in [2.45, 2.75) is 13.1 Å². The maximum Gasteiger partial charge on any atom is 0.292 e. The van der Waals surface area contributed by atoms with Crippen LogP contribution in [0.2, 0.25) is 0 Å². The Hall–Kier alpha value is -2.47. The van der Waals surface area contributed by atoms with Gasteiger partial charge in [-0.3, -0.25) is 20.0 Å². The molecule has 0 unspecified atom stereocenters. The van der Waals surface area contributed by atoms with E-state index in [0.717, 1.165) is 11.3 Å². The quantitative estimate of drug-likeness (QED) is 0.653. The second-order valence-electron chi connectivity index (χ2n) is 4.85. The summed E-state index contributed by atoms with van der Waals surface area (Å²) in [5.74, 6) is 0. The van der Waals surface area contributed by atoms with E-state index in [1.54, 1.807) is 25.4 Å². The molecule has 2 rings (SSSR count). The molecule has 0 saturated heterocycles. The average molecular weight is 286 g/mol. The number of pyridine rings is 1. The summed E-state index contributed by atoms with van der Waals surface area (Å²) in [4.78, 5) is 17.0. The molecule has 2 aromatic rings. The summed E-state index contributed by atoms with van der Waals surface area (Å²) in [6.45, 7) is 1.32. The molecule has 21 heavy (non-hydrogen) atoms. The molecule has 6 heteroatoms. The predicted octanol–water partition coefficient (Wildman–Crippen LogP) is 2.66. The van der Waals surface area contributed by atoms with Crippen molar-refractivity contribution in [3.63, 3.8) is 0 Å². The first-order valence-corrected chi connectivity index (χ1v) is 6.63. The molecule has 110 valence electrons. The van der Waals surface area contributed by atoms with Crippen LogP contribution < -0.4 is 5.32 Å².